The highest BCUT2D eigenvalue weighted by Crippen LogP contribution is 2.31. The van der Waals surface area contributed by atoms with Crippen molar-refractivity contribution in [3.8, 4) is 34.3 Å². The van der Waals surface area contributed by atoms with Crippen LogP contribution < -0.4 is 4.74 Å². The molecule has 1 aliphatic heterocycles. The minimum absolute atomic E-state index is 0.0279. The van der Waals surface area contributed by atoms with Gasteiger partial charge >= 0.3 is 0 Å². The van der Waals surface area contributed by atoms with Gasteiger partial charge in [0.15, 0.2) is 0 Å². The van der Waals surface area contributed by atoms with Gasteiger partial charge in [-0.25, -0.2) is 15.0 Å². The van der Waals surface area contributed by atoms with Gasteiger partial charge in [0.1, 0.15) is 18.0 Å². The molecular formula is C26H23N7O2. The van der Waals surface area contributed by atoms with Crippen LogP contribution in [0, 0.1) is 11.3 Å². The van der Waals surface area contributed by atoms with Crippen LogP contribution in [0.1, 0.15) is 15.9 Å². The van der Waals surface area contributed by atoms with Gasteiger partial charge in [0.05, 0.1) is 23.9 Å². The Labute approximate surface area is 202 Å². The Morgan fingerprint density at radius 2 is 1.80 bits per heavy atom. The molecule has 4 aromatic rings. The standard InChI is InChI=1S/C26H23N7O2/c1-32-5-7-33(8-6-32)26(34)21-10-20(13-28-14-21)24-22-11-17(3-4-23(22)30-16-31-24)19-9-18(12-27)25(35-2)29-15-19/h3-4,9-11,13-16H,5-8H2,1-2H3. The lowest BCUT2D eigenvalue weighted by Crippen LogP contribution is -2.47. The summed E-state index contributed by atoms with van der Waals surface area (Å²) in [6, 6.07) is 11.5. The topological polar surface area (TPSA) is 108 Å². The van der Waals surface area contributed by atoms with Gasteiger partial charge < -0.3 is 14.5 Å². The number of hydrogen-bond acceptors (Lipinski definition) is 8. The largest absolute Gasteiger partial charge is 0.480 e. The summed E-state index contributed by atoms with van der Waals surface area (Å²) in [7, 11) is 3.54. The SMILES string of the molecule is COc1ncc(-c2ccc3ncnc(-c4cncc(C(=O)N5CCN(C)CC5)c4)c3c2)cc1C#N. The van der Waals surface area contributed by atoms with E-state index in [2.05, 4.69) is 38.0 Å². The fraction of sp³-hybridized carbons (Fsp3) is 0.231. The molecular weight excluding hydrogens is 442 g/mol. The number of hydrogen-bond donors (Lipinski definition) is 0. The maximum Gasteiger partial charge on any atom is 0.255 e. The van der Waals surface area contributed by atoms with Crippen molar-refractivity contribution in [1.82, 2.24) is 29.7 Å². The number of rotatable bonds is 4. The number of nitrogens with zero attached hydrogens (tertiary/aromatic N) is 7. The maximum absolute atomic E-state index is 13.1. The predicted molar refractivity (Wildman–Crippen MR) is 131 cm³/mol. The lowest BCUT2D eigenvalue weighted by atomic mass is 10.0. The number of pyridine rings is 2. The van der Waals surface area contributed by atoms with Gasteiger partial charge in [0.25, 0.3) is 5.91 Å². The average Bonchev–Trinajstić information content (AvgIpc) is 2.92. The summed E-state index contributed by atoms with van der Waals surface area (Å²) in [4.78, 5) is 34.7. The first-order valence-electron chi connectivity index (χ1n) is 11.2. The molecule has 1 fully saturated rings. The van der Waals surface area contributed by atoms with Crippen LogP contribution >= 0.6 is 0 Å². The summed E-state index contributed by atoms with van der Waals surface area (Å²) in [6.45, 7) is 3.09. The van der Waals surface area contributed by atoms with E-state index >= 15 is 0 Å². The number of carbonyl (C=O) groups excluding carboxylic acids is 1. The van der Waals surface area contributed by atoms with Crippen molar-refractivity contribution >= 4 is 16.8 Å². The predicted octanol–water partition coefficient (Wildman–Crippen LogP) is 3.02. The number of methoxy groups -OCH3 is 1. The second kappa shape index (κ2) is 9.44. The molecule has 4 heterocycles. The fourth-order valence-corrected chi connectivity index (χ4v) is 4.20. The Balaban J connectivity index is 1.54. The third kappa shape index (κ3) is 4.39. The second-order valence-corrected chi connectivity index (χ2v) is 8.40. The zero-order valence-electron chi connectivity index (χ0n) is 19.5. The van der Waals surface area contributed by atoms with E-state index in [4.69, 9.17) is 4.74 Å². The molecule has 0 bridgehead atoms. The number of likely N-dealkylation sites (N-methyl/N-ethyl adjacent to an activating group) is 1. The highest BCUT2D eigenvalue weighted by atomic mass is 16.5. The van der Waals surface area contributed by atoms with Crippen molar-refractivity contribution in [3.05, 3.63) is 66.4 Å². The van der Waals surface area contributed by atoms with E-state index in [-0.39, 0.29) is 11.8 Å². The normalized spacial score (nSPS) is 14.0. The molecule has 1 aliphatic rings. The maximum atomic E-state index is 13.1. The van der Waals surface area contributed by atoms with Gasteiger partial charge in [-0.3, -0.25) is 9.78 Å². The van der Waals surface area contributed by atoms with Crippen molar-refractivity contribution in [2.75, 3.05) is 40.3 Å². The zero-order valence-corrected chi connectivity index (χ0v) is 19.5. The van der Waals surface area contributed by atoms with Crippen LogP contribution in [0.4, 0.5) is 0 Å². The van der Waals surface area contributed by atoms with Crippen molar-refractivity contribution in [2.45, 2.75) is 0 Å². The second-order valence-electron chi connectivity index (χ2n) is 8.40. The summed E-state index contributed by atoms with van der Waals surface area (Å²) < 4.78 is 5.16. The number of piperazine rings is 1. The molecule has 1 aromatic carbocycles. The third-order valence-electron chi connectivity index (χ3n) is 6.18. The zero-order chi connectivity index (χ0) is 24.4. The Morgan fingerprint density at radius 3 is 2.57 bits per heavy atom. The first-order chi connectivity index (χ1) is 17.1. The van der Waals surface area contributed by atoms with Gasteiger partial charge in [-0.05, 0) is 36.9 Å². The summed E-state index contributed by atoms with van der Waals surface area (Å²) >= 11 is 0. The molecule has 1 saturated heterocycles. The number of benzene rings is 1. The van der Waals surface area contributed by atoms with Crippen LogP contribution in [-0.4, -0.2) is 76.0 Å². The van der Waals surface area contributed by atoms with Gasteiger partial charge in [0.2, 0.25) is 5.88 Å². The molecule has 0 radical (unpaired) electrons. The molecule has 0 spiro atoms. The first kappa shape index (κ1) is 22.4. The Morgan fingerprint density at radius 1 is 0.971 bits per heavy atom. The average molecular weight is 466 g/mol. The summed E-state index contributed by atoms with van der Waals surface area (Å²) in [6.07, 6.45) is 6.49. The fourth-order valence-electron chi connectivity index (χ4n) is 4.20. The first-order valence-corrected chi connectivity index (χ1v) is 11.2. The molecule has 0 aliphatic carbocycles. The van der Waals surface area contributed by atoms with Crippen LogP contribution in [-0.2, 0) is 0 Å². The van der Waals surface area contributed by atoms with Gasteiger partial charge in [-0.15, -0.1) is 0 Å². The van der Waals surface area contributed by atoms with Gasteiger partial charge in [-0.1, -0.05) is 6.07 Å². The smallest absolute Gasteiger partial charge is 0.255 e. The van der Waals surface area contributed by atoms with Crippen LogP contribution in [0.25, 0.3) is 33.3 Å². The van der Waals surface area contributed by atoms with Crippen molar-refractivity contribution in [2.24, 2.45) is 0 Å². The quantitative estimate of drug-likeness (QED) is 0.453. The summed E-state index contributed by atoms with van der Waals surface area (Å²) in [5.74, 6) is 0.258. The van der Waals surface area contributed by atoms with E-state index in [9.17, 15) is 10.1 Å². The number of fused-ring (bicyclic) bond motifs is 1. The number of ether oxygens (including phenoxy) is 1. The van der Waals surface area contributed by atoms with E-state index in [1.807, 2.05) is 29.2 Å². The number of nitriles is 1. The highest BCUT2D eigenvalue weighted by Gasteiger charge is 2.21. The van der Waals surface area contributed by atoms with E-state index < -0.39 is 0 Å². The Bertz CT molecular complexity index is 1460. The monoisotopic (exact) mass is 465 g/mol. The molecule has 9 heteroatoms. The van der Waals surface area contributed by atoms with Crippen LogP contribution in [0.5, 0.6) is 5.88 Å². The van der Waals surface area contributed by atoms with Crippen LogP contribution in [0.15, 0.2) is 55.2 Å². The van der Waals surface area contributed by atoms with Crippen molar-refractivity contribution in [3.63, 3.8) is 0 Å². The molecule has 174 valence electrons. The molecule has 5 rings (SSSR count). The molecule has 0 N–H and O–H groups in total. The van der Waals surface area contributed by atoms with E-state index in [1.165, 1.54) is 13.4 Å². The summed E-state index contributed by atoms with van der Waals surface area (Å²) in [5, 5.41) is 10.2. The molecule has 9 nitrogen and oxygen atoms in total. The minimum Gasteiger partial charge on any atom is -0.480 e. The molecule has 0 atom stereocenters. The summed E-state index contributed by atoms with van der Waals surface area (Å²) in [5.41, 5.74) is 4.70. The molecule has 0 saturated carbocycles. The molecule has 3 aromatic heterocycles. The third-order valence-corrected chi connectivity index (χ3v) is 6.18. The van der Waals surface area contributed by atoms with Crippen molar-refractivity contribution < 1.29 is 9.53 Å². The lowest BCUT2D eigenvalue weighted by Gasteiger charge is -2.32. The van der Waals surface area contributed by atoms with E-state index in [0.717, 1.165) is 40.7 Å². The Kier molecular flexibility index (Phi) is 6.04. The molecule has 0 unspecified atom stereocenters. The van der Waals surface area contributed by atoms with Gasteiger partial charge in [0, 0.05) is 61.3 Å². The van der Waals surface area contributed by atoms with Crippen LogP contribution in [0.2, 0.25) is 0 Å². The highest BCUT2D eigenvalue weighted by molar-refractivity contribution is 5.98. The number of carbonyl (C=O) groups is 1. The number of amides is 1. The van der Waals surface area contributed by atoms with E-state index in [1.54, 1.807) is 24.7 Å². The Hall–Kier alpha value is -4.42. The minimum atomic E-state index is -0.0279. The molecule has 1 amide bonds. The molecule has 35 heavy (non-hydrogen) atoms. The lowest BCUT2D eigenvalue weighted by molar-refractivity contribution is 0.0663. The number of aromatic nitrogens is 4. The van der Waals surface area contributed by atoms with Crippen LogP contribution in [0.3, 0.4) is 0 Å². The van der Waals surface area contributed by atoms with Crippen molar-refractivity contribution in [1.29, 1.82) is 5.26 Å². The van der Waals surface area contributed by atoms with Gasteiger partial charge in [-0.2, -0.15) is 5.26 Å². The van der Waals surface area contributed by atoms with E-state index in [0.29, 0.717) is 29.9 Å².